The zero-order valence-corrected chi connectivity index (χ0v) is 18.8. The monoisotopic (exact) mass is 523 g/mol. The molecule has 0 aliphatic carbocycles. The Hall–Kier alpha value is -1.77. The number of nitrogens with zero attached hydrogens (tertiary/aromatic N) is 1. The van der Waals surface area contributed by atoms with Crippen molar-refractivity contribution in [2.45, 2.75) is 5.37 Å². The molecule has 1 amide bonds. The number of thioether (sulfide) groups is 1. The molecular formula is C20H15Br2NO4S. The number of rotatable bonds is 3. The van der Waals surface area contributed by atoms with E-state index in [-0.39, 0.29) is 16.8 Å². The number of para-hydroxylation sites is 1. The van der Waals surface area contributed by atoms with Crippen LogP contribution in [0.25, 0.3) is 11.0 Å². The standard InChI is InChI=1S/C20H15Br2NO4S/c1-26-16-5-3-2-4-13(16)19-23(6-7-28-19)18(24)14-9-11-8-12(21)10-15(22)17(11)27-20(14)25/h2-5,8-10,19H,6-7H2,1H3. The van der Waals surface area contributed by atoms with Crippen LogP contribution in [-0.4, -0.2) is 30.2 Å². The number of carbonyl (C=O) groups is 1. The van der Waals surface area contributed by atoms with E-state index in [1.807, 2.05) is 30.3 Å². The number of hydrogen-bond acceptors (Lipinski definition) is 5. The van der Waals surface area contributed by atoms with Gasteiger partial charge in [-0.05, 0) is 40.2 Å². The molecule has 2 heterocycles. The molecule has 28 heavy (non-hydrogen) atoms. The van der Waals surface area contributed by atoms with Crippen LogP contribution < -0.4 is 10.4 Å². The van der Waals surface area contributed by atoms with Gasteiger partial charge in [0.2, 0.25) is 0 Å². The van der Waals surface area contributed by atoms with Gasteiger partial charge in [-0.15, -0.1) is 11.8 Å². The second kappa shape index (κ2) is 7.93. The number of methoxy groups -OCH3 is 1. The van der Waals surface area contributed by atoms with Crippen molar-refractivity contribution in [1.82, 2.24) is 4.90 Å². The van der Waals surface area contributed by atoms with Gasteiger partial charge in [-0.25, -0.2) is 4.79 Å². The largest absolute Gasteiger partial charge is 0.496 e. The van der Waals surface area contributed by atoms with Crippen molar-refractivity contribution in [2.24, 2.45) is 0 Å². The van der Waals surface area contributed by atoms with Gasteiger partial charge in [0, 0.05) is 27.7 Å². The highest BCUT2D eigenvalue weighted by atomic mass is 79.9. The second-order valence-electron chi connectivity index (χ2n) is 6.22. The van der Waals surface area contributed by atoms with Crippen molar-refractivity contribution in [3.8, 4) is 5.75 Å². The summed E-state index contributed by atoms with van der Waals surface area (Å²) in [5.74, 6) is 1.16. The first kappa shape index (κ1) is 19.5. The third-order valence-electron chi connectivity index (χ3n) is 4.54. The van der Waals surface area contributed by atoms with Gasteiger partial charge >= 0.3 is 5.63 Å². The third kappa shape index (κ3) is 3.49. The minimum absolute atomic E-state index is 0.0277. The molecule has 0 saturated carbocycles. The molecule has 1 atom stereocenters. The van der Waals surface area contributed by atoms with Crippen LogP contribution in [0.15, 0.2) is 60.6 Å². The molecular weight excluding hydrogens is 510 g/mol. The summed E-state index contributed by atoms with van der Waals surface area (Å²) in [4.78, 5) is 27.5. The molecule has 1 aliphatic rings. The maximum absolute atomic E-state index is 13.3. The van der Waals surface area contributed by atoms with Gasteiger partial charge in [-0.1, -0.05) is 34.1 Å². The lowest BCUT2D eigenvalue weighted by Crippen LogP contribution is -2.33. The molecule has 3 aromatic rings. The lowest BCUT2D eigenvalue weighted by molar-refractivity contribution is 0.0755. The van der Waals surface area contributed by atoms with Gasteiger partial charge in [0.1, 0.15) is 16.7 Å². The van der Waals surface area contributed by atoms with E-state index in [0.29, 0.717) is 22.0 Å². The molecule has 4 rings (SSSR count). The summed E-state index contributed by atoms with van der Waals surface area (Å²) in [5.41, 5.74) is 0.717. The van der Waals surface area contributed by atoms with E-state index in [2.05, 4.69) is 31.9 Å². The molecule has 1 aliphatic heterocycles. The highest BCUT2D eigenvalue weighted by Crippen LogP contribution is 2.42. The average molecular weight is 525 g/mol. The number of ether oxygens (including phenoxy) is 1. The summed E-state index contributed by atoms with van der Waals surface area (Å²) < 4.78 is 12.4. The molecule has 5 nitrogen and oxygen atoms in total. The van der Waals surface area contributed by atoms with E-state index >= 15 is 0 Å². The average Bonchev–Trinajstić information content (AvgIpc) is 3.17. The van der Waals surface area contributed by atoms with Crippen LogP contribution in [0.4, 0.5) is 0 Å². The molecule has 0 radical (unpaired) electrons. The highest BCUT2D eigenvalue weighted by Gasteiger charge is 2.34. The van der Waals surface area contributed by atoms with E-state index in [1.165, 1.54) is 0 Å². The predicted molar refractivity (Wildman–Crippen MR) is 117 cm³/mol. The zero-order chi connectivity index (χ0) is 19.8. The third-order valence-corrected chi connectivity index (χ3v) is 6.83. The van der Waals surface area contributed by atoms with Gasteiger partial charge in [0.25, 0.3) is 5.91 Å². The zero-order valence-electron chi connectivity index (χ0n) is 14.8. The Bertz CT molecular complexity index is 1130. The fraction of sp³-hybridized carbons (Fsp3) is 0.200. The molecule has 0 spiro atoms. The number of fused-ring (bicyclic) bond motifs is 1. The molecule has 1 unspecified atom stereocenters. The normalized spacial score (nSPS) is 16.5. The fourth-order valence-corrected chi connectivity index (χ4v) is 5.89. The minimum atomic E-state index is -0.642. The molecule has 1 fully saturated rings. The lowest BCUT2D eigenvalue weighted by atomic mass is 10.1. The van der Waals surface area contributed by atoms with Crippen molar-refractivity contribution >= 4 is 60.5 Å². The van der Waals surface area contributed by atoms with E-state index in [4.69, 9.17) is 9.15 Å². The highest BCUT2D eigenvalue weighted by molar-refractivity contribution is 9.11. The van der Waals surface area contributed by atoms with Crippen LogP contribution in [-0.2, 0) is 0 Å². The Morgan fingerprint density at radius 1 is 1.25 bits per heavy atom. The smallest absolute Gasteiger partial charge is 0.349 e. The molecule has 1 saturated heterocycles. The van der Waals surface area contributed by atoms with Crippen LogP contribution in [0.2, 0.25) is 0 Å². The predicted octanol–water partition coefficient (Wildman–Crippen LogP) is 5.21. The Labute approximate surface area is 182 Å². The van der Waals surface area contributed by atoms with Crippen LogP contribution >= 0.6 is 43.6 Å². The number of benzene rings is 2. The number of carbonyl (C=O) groups excluding carboxylic acids is 1. The fourth-order valence-electron chi connectivity index (χ4n) is 3.27. The summed E-state index contributed by atoms with van der Waals surface area (Å²) in [6.07, 6.45) is 0. The summed E-state index contributed by atoms with van der Waals surface area (Å²) >= 11 is 8.46. The SMILES string of the molecule is COc1ccccc1C1SCCN1C(=O)c1cc2cc(Br)cc(Br)c2oc1=O. The van der Waals surface area contributed by atoms with Gasteiger partial charge in [-0.3, -0.25) is 4.79 Å². The van der Waals surface area contributed by atoms with E-state index < -0.39 is 5.63 Å². The van der Waals surface area contributed by atoms with Crippen LogP contribution in [0.1, 0.15) is 21.3 Å². The summed E-state index contributed by atoms with van der Waals surface area (Å²) in [5, 5.41) is 0.456. The summed E-state index contributed by atoms with van der Waals surface area (Å²) in [7, 11) is 1.61. The van der Waals surface area contributed by atoms with E-state index in [1.54, 1.807) is 35.9 Å². The van der Waals surface area contributed by atoms with Gasteiger partial charge in [0.05, 0.1) is 11.6 Å². The second-order valence-corrected chi connectivity index (χ2v) is 9.18. The topological polar surface area (TPSA) is 59.8 Å². The Kier molecular flexibility index (Phi) is 5.53. The van der Waals surface area contributed by atoms with Crippen LogP contribution in [0.5, 0.6) is 5.75 Å². The Balaban J connectivity index is 1.76. The maximum atomic E-state index is 13.3. The lowest BCUT2D eigenvalue weighted by Gasteiger charge is -2.25. The number of halogens is 2. The van der Waals surface area contributed by atoms with Crippen LogP contribution in [0.3, 0.4) is 0 Å². The molecule has 144 valence electrons. The number of hydrogen-bond donors (Lipinski definition) is 0. The van der Waals surface area contributed by atoms with Gasteiger partial charge < -0.3 is 14.1 Å². The van der Waals surface area contributed by atoms with Crippen molar-refractivity contribution in [2.75, 3.05) is 19.4 Å². The number of amides is 1. The summed E-state index contributed by atoms with van der Waals surface area (Å²) in [6.45, 7) is 0.547. The van der Waals surface area contributed by atoms with Crippen molar-refractivity contribution in [1.29, 1.82) is 0 Å². The first-order valence-electron chi connectivity index (χ1n) is 8.48. The van der Waals surface area contributed by atoms with Crippen LogP contribution in [0, 0.1) is 0 Å². The van der Waals surface area contributed by atoms with Crippen molar-refractivity contribution < 1.29 is 13.9 Å². The van der Waals surface area contributed by atoms with E-state index in [0.717, 1.165) is 21.5 Å². The molecule has 2 aromatic carbocycles. The summed E-state index contributed by atoms with van der Waals surface area (Å²) in [6, 6.07) is 12.8. The Morgan fingerprint density at radius 2 is 2.04 bits per heavy atom. The Morgan fingerprint density at radius 3 is 2.82 bits per heavy atom. The maximum Gasteiger partial charge on any atom is 0.349 e. The molecule has 0 N–H and O–H groups in total. The minimum Gasteiger partial charge on any atom is -0.496 e. The van der Waals surface area contributed by atoms with Gasteiger partial charge in [0.15, 0.2) is 5.58 Å². The molecule has 0 bridgehead atoms. The van der Waals surface area contributed by atoms with Crippen molar-refractivity contribution in [3.63, 3.8) is 0 Å². The first-order valence-corrected chi connectivity index (χ1v) is 11.1. The molecule has 8 heteroatoms. The first-order chi connectivity index (χ1) is 13.5. The molecule has 1 aromatic heterocycles. The van der Waals surface area contributed by atoms with E-state index in [9.17, 15) is 9.59 Å². The quantitative estimate of drug-likeness (QED) is 0.440. The van der Waals surface area contributed by atoms with Crippen molar-refractivity contribution in [3.05, 3.63) is 73.0 Å². The van der Waals surface area contributed by atoms with Gasteiger partial charge in [-0.2, -0.15) is 0 Å².